The van der Waals surface area contributed by atoms with Crippen LogP contribution in [-0.2, 0) is 4.79 Å². The van der Waals surface area contributed by atoms with Gasteiger partial charge in [0.15, 0.2) is 9.84 Å². The predicted molar refractivity (Wildman–Crippen MR) is 91.4 cm³/mol. The normalized spacial score (nSPS) is 18.5. The summed E-state index contributed by atoms with van der Waals surface area (Å²) >= 11 is 7.88. The predicted octanol–water partition coefficient (Wildman–Crippen LogP) is 4.70. The Morgan fingerprint density at radius 3 is 2.67 bits per heavy atom. The summed E-state index contributed by atoms with van der Waals surface area (Å²) in [6.45, 7) is 0. The number of rotatable bonds is 2. The van der Waals surface area contributed by atoms with Crippen LogP contribution in [0, 0.1) is 0 Å². The Morgan fingerprint density at radius 1 is 1.24 bits per heavy atom. The van der Waals surface area contributed by atoms with Gasteiger partial charge in [0, 0.05) is 6.08 Å². The molecule has 0 radical (unpaired) electrons. The second-order valence-electron chi connectivity index (χ2n) is 4.09. The van der Waals surface area contributed by atoms with Gasteiger partial charge in [-0.3, -0.25) is 4.79 Å². The van der Waals surface area contributed by atoms with Crippen LogP contribution in [0.5, 0.6) is 0 Å². The molecule has 3 rings (SSSR count). The molecule has 0 bridgehead atoms. The fraction of sp³-hybridized carbons (Fsp3) is 0. The average Bonchev–Trinajstić information content (AvgIpc) is 2.95. The topological polar surface area (TPSA) is 54.6 Å². The minimum atomic E-state index is -0.182. The first-order valence-electron chi connectivity index (χ1n) is 5.91. The number of hydrogen-bond donors (Lipinski definition) is 1. The maximum atomic E-state index is 11.9. The number of amidine groups is 1. The number of amides is 1. The van der Waals surface area contributed by atoms with Crippen molar-refractivity contribution < 1.29 is 9.21 Å². The van der Waals surface area contributed by atoms with Gasteiger partial charge in [0.2, 0.25) is 0 Å². The van der Waals surface area contributed by atoms with Gasteiger partial charge < -0.3 is 9.73 Å². The Hall–Kier alpha value is -1.31. The molecule has 2 aromatic rings. The van der Waals surface area contributed by atoms with Crippen LogP contribution in [0.4, 0.5) is 5.69 Å². The van der Waals surface area contributed by atoms with Crippen LogP contribution >= 0.6 is 43.6 Å². The lowest BCUT2D eigenvalue weighted by Gasteiger charge is -1.94. The van der Waals surface area contributed by atoms with Gasteiger partial charge in [-0.1, -0.05) is 18.2 Å². The van der Waals surface area contributed by atoms with Gasteiger partial charge in [0.25, 0.3) is 5.91 Å². The Bertz CT molecular complexity index is 734. The molecule has 1 amide bonds. The largest absolute Gasteiger partial charge is 0.449 e. The van der Waals surface area contributed by atoms with Gasteiger partial charge in [-0.05, 0) is 61.8 Å². The van der Waals surface area contributed by atoms with Crippen molar-refractivity contribution >= 4 is 66.5 Å². The lowest BCUT2D eigenvalue weighted by atomic mass is 10.3. The first-order chi connectivity index (χ1) is 10.1. The number of nitrogens with zero attached hydrogens (tertiary/aromatic N) is 1. The van der Waals surface area contributed by atoms with E-state index in [9.17, 15) is 4.79 Å². The monoisotopic (exact) mass is 426 g/mol. The van der Waals surface area contributed by atoms with E-state index in [0.717, 1.165) is 10.2 Å². The molecule has 1 aromatic carbocycles. The molecule has 1 N–H and O–H groups in total. The lowest BCUT2D eigenvalue weighted by Crippen LogP contribution is -2.19. The molecule has 1 fully saturated rings. The van der Waals surface area contributed by atoms with Gasteiger partial charge in [-0.25, -0.2) is 4.99 Å². The van der Waals surface area contributed by atoms with Crippen molar-refractivity contribution in [3.63, 3.8) is 0 Å². The molecule has 0 aliphatic carbocycles. The molecule has 2 heterocycles. The summed E-state index contributed by atoms with van der Waals surface area (Å²) in [6.07, 6.45) is 1.68. The summed E-state index contributed by atoms with van der Waals surface area (Å²) in [7, 11) is 0. The minimum absolute atomic E-state index is 0.182. The van der Waals surface area contributed by atoms with E-state index in [1.54, 1.807) is 12.1 Å². The van der Waals surface area contributed by atoms with Crippen molar-refractivity contribution in [3.8, 4) is 0 Å². The summed E-state index contributed by atoms with van der Waals surface area (Å²) in [4.78, 5) is 16.8. The molecule has 7 heteroatoms. The highest BCUT2D eigenvalue weighted by molar-refractivity contribution is 9.13. The van der Waals surface area contributed by atoms with E-state index in [1.165, 1.54) is 11.8 Å². The molecular formula is C14H8Br2N2O2S. The number of aliphatic imine (C=N–C) groups is 1. The van der Waals surface area contributed by atoms with E-state index in [1.807, 2.05) is 30.3 Å². The Morgan fingerprint density at radius 2 is 2.00 bits per heavy atom. The molecule has 4 nitrogen and oxygen atoms in total. The molecule has 1 aliphatic rings. The molecule has 0 saturated carbocycles. The van der Waals surface area contributed by atoms with Crippen molar-refractivity contribution in [2.24, 2.45) is 4.99 Å². The highest BCUT2D eigenvalue weighted by Gasteiger charge is 2.24. The van der Waals surface area contributed by atoms with Gasteiger partial charge in [-0.15, -0.1) is 0 Å². The lowest BCUT2D eigenvalue weighted by molar-refractivity contribution is -0.115. The molecule has 1 aromatic heterocycles. The number of para-hydroxylation sites is 1. The van der Waals surface area contributed by atoms with Gasteiger partial charge in [-0.2, -0.15) is 0 Å². The number of carbonyl (C=O) groups excluding carboxylic acids is 1. The first-order valence-corrected chi connectivity index (χ1v) is 8.31. The number of furan rings is 1. The number of carbonyl (C=O) groups is 1. The number of halogens is 2. The third kappa shape index (κ3) is 3.48. The van der Waals surface area contributed by atoms with E-state index >= 15 is 0 Å². The van der Waals surface area contributed by atoms with Crippen molar-refractivity contribution in [1.82, 2.24) is 5.32 Å². The second-order valence-corrected chi connectivity index (χ2v) is 6.69. The van der Waals surface area contributed by atoms with Gasteiger partial charge in [0.1, 0.15) is 5.76 Å². The number of hydrogen-bond acceptors (Lipinski definition) is 4. The Labute approximate surface area is 142 Å². The summed E-state index contributed by atoms with van der Waals surface area (Å²) in [6, 6.07) is 11.3. The van der Waals surface area contributed by atoms with Crippen molar-refractivity contribution in [1.29, 1.82) is 0 Å². The van der Waals surface area contributed by atoms with Crippen molar-refractivity contribution in [2.45, 2.75) is 0 Å². The van der Waals surface area contributed by atoms with E-state index in [4.69, 9.17) is 4.42 Å². The third-order valence-corrected chi connectivity index (χ3v) is 5.20. The molecule has 1 aliphatic heterocycles. The van der Waals surface area contributed by atoms with Gasteiger partial charge >= 0.3 is 0 Å². The maximum absolute atomic E-state index is 11.9. The highest BCUT2D eigenvalue weighted by atomic mass is 79.9. The number of thioether (sulfide) groups is 1. The number of benzene rings is 1. The van der Waals surface area contributed by atoms with Crippen LogP contribution < -0.4 is 5.32 Å². The fourth-order valence-electron chi connectivity index (χ4n) is 1.66. The van der Waals surface area contributed by atoms with Crippen LogP contribution in [0.25, 0.3) is 6.08 Å². The quantitative estimate of drug-likeness (QED) is 0.707. The smallest absolute Gasteiger partial charge is 0.264 e. The number of nitrogens with one attached hydrogen (secondary N) is 1. The zero-order valence-corrected chi connectivity index (χ0v) is 14.5. The Kier molecular flexibility index (Phi) is 4.32. The standard InChI is InChI=1S/C14H8Br2N2O2S/c15-10-6-9(20-12(10)16)7-11-13(19)18-14(21-11)17-8-4-2-1-3-5-8/h1-7H,(H,17,18,19)/b11-7+. The average molecular weight is 428 g/mol. The molecule has 0 unspecified atom stereocenters. The molecule has 21 heavy (non-hydrogen) atoms. The van der Waals surface area contributed by atoms with Crippen LogP contribution in [-0.4, -0.2) is 11.1 Å². The second kappa shape index (κ2) is 6.21. The maximum Gasteiger partial charge on any atom is 0.264 e. The van der Waals surface area contributed by atoms with Crippen molar-refractivity contribution in [3.05, 3.63) is 56.2 Å². The molecule has 106 valence electrons. The summed E-state index contributed by atoms with van der Waals surface area (Å²) in [5, 5.41) is 3.29. The van der Waals surface area contributed by atoms with Crippen LogP contribution in [0.2, 0.25) is 0 Å². The van der Waals surface area contributed by atoms with Crippen molar-refractivity contribution in [2.75, 3.05) is 0 Å². The van der Waals surface area contributed by atoms with E-state index < -0.39 is 0 Å². The molecular weight excluding hydrogens is 420 g/mol. The Balaban J connectivity index is 1.83. The first kappa shape index (κ1) is 14.6. The van der Waals surface area contributed by atoms with Crippen LogP contribution in [0.15, 0.2) is 59.9 Å². The molecule has 0 spiro atoms. The zero-order chi connectivity index (χ0) is 14.8. The SMILES string of the molecule is O=C1NC(=Nc2ccccc2)S/C1=C/c1cc(Br)c(Br)o1. The fourth-order valence-corrected chi connectivity index (χ4v) is 3.09. The van der Waals surface area contributed by atoms with Gasteiger partial charge in [0.05, 0.1) is 15.1 Å². The van der Waals surface area contributed by atoms with E-state index in [2.05, 4.69) is 42.2 Å². The van der Waals surface area contributed by atoms with E-state index in [-0.39, 0.29) is 5.91 Å². The molecule has 0 atom stereocenters. The summed E-state index contributed by atoms with van der Waals surface area (Å²) in [5.74, 6) is 0.408. The van der Waals surface area contributed by atoms with E-state index in [0.29, 0.717) is 20.5 Å². The third-order valence-electron chi connectivity index (χ3n) is 2.58. The van der Waals surface area contributed by atoms with Crippen LogP contribution in [0.1, 0.15) is 5.76 Å². The summed E-state index contributed by atoms with van der Waals surface area (Å²) < 4.78 is 6.83. The zero-order valence-electron chi connectivity index (χ0n) is 10.5. The highest BCUT2D eigenvalue weighted by Crippen LogP contribution is 2.32. The minimum Gasteiger partial charge on any atom is -0.449 e. The van der Waals surface area contributed by atoms with Crippen LogP contribution in [0.3, 0.4) is 0 Å². The molecule has 1 saturated heterocycles. The summed E-state index contributed by atoms with van der Waals surface area (Å²) in [5.41, 5.74) is 0.796.